The smallest absolute Gasteiger partial charge is 0.0554 e. The van der Waals surface area contributed by atoms with Crippen LogP contribution in [0.15, 0.2) is 45.7 Å². The molecule has 0 aromatic heterocycles. The standard InChI is InChI=1S/C11H16N2/c1-5-10(2)7-6-8-13-11(3)9-12-4/h5-9H,4H2,1-3H3/b7-6-,10-5+,11-9+,13-8-. The van der Waals surface area contributed by atoms with E-state index in [0.717, 1.165) is 5.70 Å². The van der Waals surface area contributed by atoms with Gasteiger partial charge in [0.25, 0.3) is 0 Å². The molecule has 0 aliphatic rings. The summed E-state index contributed by atoms with van der Waals surface area (Å²) in [5.74, 6) is 0. The molecular formula is C11H16N2. The van der Waals surface area contributed by atoms with Crippen molar-refractivity contribution in [2.75, 3.05) is 0 Å². The van der Waals surface area contributed by atoms with E-state index in [9.17, 15) is 0 Å². The van der Waals surface area contributed by atoms with Crippen LogP contribution in [0.5, 0.6) is 0 Å². The van der Waals surface area contributed by atoms with Crippen LogP contribution in [0.2, 0.25) is 0 Å². The van der Waals surface area contributed by atoms with Gasteiger partial charge >= 0.3 is 0 Å². The molecule has 0 aliphatic heterocycles. The monoisotopic (exact) mass is 176 g/mol. The van der Waals surface area contributed by atoms with E-state index in [0.29, 0.717) is 0 Å². The molecule has 0 aliphatic carbocycles. The maximum Gasteiger partial charge on any atom is 0.0554 e. The summed E-state index contributed by atoms with van der Waals surface area (Å²) < 4.78 is 0. The zero-order valence-corrected chi connectivity index (χ0v) is 8.49. The third-order valence-corrected chi connectivity index (χ3v) is 1.46. The lowest BCUT2D eigenvalue weighted by molar-refractivity contribution is 1.28. The summed E-state index contributed by atoms with van der Waals surface area (Å²) in [5.41, 5.74) is 2.06. The average Bonchev–Trinajstić information content (AvgIpc) is 2.12. The van der Waals surface area contributed by atoms with Crippen molar-refractivity contribution in [3.05, 3.63) is 35.7 Å². The van der Waals surface area contributed by atoms with Crippen molar-refractivity contribution in [3.63, 3.8) is 0 Å². The van der Waals surface area contributed by atoms with E-state index in [-0.39, 0.29) is 0 Å². The van der Waals surface area contributed by atoms with E-state index in [1.165, 1.54) is 5.57 Å². The second-order valence-corrected chi connectivity index (χ2v) is 2.62. The molecule has 0 N–H and O–H groups in total. The third-order valence-electron chi connectivity index (χ3n) is 1.46. The maximum absolute atomic E-state index is 4.11. The first-order chi connectivity index (χ1) is 6.20. The minimum Gasteiger partial charge on any atom is -0.271 e. The lowest BCUT2D eigenvalue weighted by Crippen LogP contribution is -1.71. The summed E-state index contributed by atoms with van der Waals surface area (Å²) in [6, 6.07) is 0. The molecule has 0 atom stereocenters. The van der Waals surface area contributed by atoms with Crippen molar-refractivity contribution in [2.24, 2.45) is 9.98 Å². The van der Waals surface area contributed by atoms with Gasteiger partial charge in [-0.05, 0) is 33.6 Å². The molecule has 0 bridgehead atoms. The number of rotatable bonds is 4. The van der Waals surface area contributed by atoms with Crippen LogP contribution in [0, 0.1) is 0 Å². The van der Waals surface area contributed by atoms with Gasteiger partial charge in [-0.1, -0.05) is 17.7 Å². The second-order valence-electron chi connectivity index (χ2n) is 2.62. The molecule has 0 spiro atoms. The fourth-order valence-electron chi connectivity index (χ4n) is 0.617. The predicted molar refractivity (Wildman–Crippen MR) is 60.4 cm³/mol. The highest BCUT2D eigenvalue weighted by molar-refractivity contribution is 5.72. The Bertz CT molecular complexity index is 268. The summed E-state index contributed by atoms with van der Waals surface area (Å²) in [7, 11) is 0. The van der Waals surface area contributed by atoms with Crippen LogP contribution in [-0.4, -0.2) is 12.9 Å². The predicted octanol–water partition coefficient (Wildman–Crippen LogP) is 3.14. The first-order valence-electron chi connectivity index (χ1n) is 4.17. The Morgan fingerprint density at radius 3 is 2.54 bits per heavy atom. The number of nitrogens with zero attached hydrogens (tertiary/aromatic N) is 2. The van der Waals surface area contributed by atoms with E-state index in [4.69, 9.17) is 0 Å². The Morgan fingerprint density at radius 2 is 2.00 bits per heavy atom. The SMILES string of the molecule is C=N/C=C(C)/N=C\C=C/C(C)=C/C. The van der Waals surface area contributed by atoms with Gasteiger partial charge in [-0.3, -0.25) is 9.98 Å². The second kappa shape index (κ2) is 7.22. The molecule has 0 unspecified atom stereocenters. The quantitative estimate of drug-likeness (QED) is 0.464. The molecule has 0 saturated carbocycles. The van der Waals surface area contributed by atoms with Gasteiger partial charge in [0.1, 0.15) is 0 Å². The van der Waals surface area contributed by atoms with Gasteiger partial charge in [0, 0.05) is 12.4 Å². The maximum atomic E-state index is 4.11. The van der Waals surface area contributed by atoms with Crippen LogP contribution in [0.1, 0.15) is 20.8 Å². The molecule has 2 nitrogen and oxygen atoms in total. The molecule has 0 aromatic rings. The van der Waals surface area contributed by atoms with Crippen molar-refractivity contribution in [1.82, 2.24) is 0 Å². The van der Waals surface area contributed by atoms with Gasteiger partial charge in [0.05, 0.1) is 5.70 Å². The van der Waals surface area contributed by atoms with E-state index in [2.05, 4.69) is 16.7 Å². The van der Waals surface area contributed by atoms with Gasteiger partial charge in [-0.15, -0.1) is 0 Å². The highest BCUT2D eigenvalue weighted by atomic mass is 14.8. The van der Waals surface area contributed by atoms with Crippen molar-refractivity contribution in [2.45, 2.75) is 20.8 Å². The lowest BCUT2D eigenvalue weighted by Gasteiger charge is -1.86. The molecule has 0 radical (unpaired) electrons. The van der Waals surface area contributed by atoms with E-state index >= 15 is 0 Å². The number of aliphatic imine (C=N–C) groups is 2. The third kappa shape index (κ3) is 6.94. The first-order valence-corrected chi connectivity index (χ1v) is 4.17. The fraction of sp³-hybridized carbons (Fsp3) is 0.273. The summed E-state index contributed by atoms with van der Waals surface area (Å²) >= 11 is 0. The molecule has 0 aromatic carbocycles. The van der Waals surface area contributed by atoms with Gasteiger partial charge < -0.3 is 0 Å². The summed E-state index contributed by atoms with van der Waals surface area (Å²) in [4.78, 5) is 7.71. The number of allylic oxidation sites excluding steroid dienone is 5. The lowest BCUT2D eigenvalue weighted by atomic mass is 10.3. The molecule has 0 amide bonds. The molecule has 13 heavy (non-hydrogen) atoms. The number of hydrogen-bond acceptors (Lipinski definition) is 2. The largest absolute Gasteiger partial charge is 0.271 e. The zero-order valence-electron chi connectivity index (χ0n) is 8.49. The minimum absolute atomic E-state index is 0.845. The van der Waals surface area contributed by atoms with Gasteiger partial charge in [0.2, 0.25) is 0 Å². The van der Waals surface area contributed by atoms with Crippen molar-refractivity contribution >= 4 is 12.9 Å². The first kappa shape index (κ1) is 11.6. The van der Waals surface area contributed by atoms with E-state index < -0.39 is 0 Å². The summed E-state index contributed by atoms with van der Waals surface area (Å²) in [6.07, 6.45) is 9.29. The Morgan fingerprint density at radius 1 is 1.31 bits per heavy atom. The van der Waals surface area contributed by atoms with Crippen LogP contribution in [0.25, 0.3) is 0 Å². The Hall–Kier alpha value is -1.44. The minimum atomic E-state index is 0.845. The van der Waals surface area contributed by atoms with Gasteiger partial charge in [0.15, 0.2) is 0 Å². The van der Waals surface area contributed by atoms with Crippen LogP contribution in [0.3, 0.4) is 0 Å². The van der Waals surface area contributed by atoms with Crippen molar-refractivity contribution < 1.29 is 0 Å². The Balaban J connectivity index is 4.09. The molecule has 2 heteroatoms. The van der Waals surface area contributed by atoms with Crippen LogP contribution >= 0.6 is 0 Å². The van der Waals surface area contributed by atoms with Gasteiger partial charge in [-0.2, -0.15) is 0 Å². The summed E-state index contributed by atoms with van der Waals surface area (Å²) in [6.45, 7) is 9.26. The Kier molecular flexibility index (Phi) is 6.42. The molecule has 0 heterocycles. The molecule has 0 saturated heterocycles. The normalized spacial score (nSPS) is 14.4. The summed E-state index contributed by atoms with van der Waals surface area (Å²) in [5, 5.41) is 0. The van der Waals surface area contributed by atoms with Crippen molar-refractivity contribution in [3.8, 4) is 0 Å². The van der Waals surface area contributed by atoms with Crippen LogP contribution in [-0.2, 0) is 0 Å². The average molecular weight is 176 g/mol. The van der Waals surface area contributed by atoms with Gasteiger partial charge in [-0.25, -0.2) is 0 Å². The van der Waals surface area contributed by atoms with Crippen molar-refractivity contribution in [1.29, 1.82) is 0 Å². The topological polar surface area (TPSA) is 24.7 Å². The zero-order chi connectivity index (χ0) is 10.1. The number of hydrogen-bond donors (Lipinski definition) is 0. The molecule has 0 rings (SSSR count). The molecule has 70 valence electrons. The fourth-order valence-corrected chi connectivity index (χ4v) is 0.617. The molecular weight excluding hydrogens is 160 g/mol. The van der Waals surface area contributed by atoms with Crippen LogP contribution < -0.4 is 0 Å². The van der Waals surface area contributed by atoms with Crippen LogP contribution in [0.4, 0.5) is 0 Å². The highest BCUT2D eigenvalue weighted by Crippen LogP contribution is 1.94. The highest BCUT2D eigenvalue weighted by Gasteiger charge is 1.77. The Labute approximate surface area is 80.1 Å². The van der Waals surface area contributed by atoms with E-state index in [1.807, 2.05) is 39.0 Å². The molecule has 0 fully saturated rings. The van der Waals surface area contributed by atoms with E-state index in [1.54, 1.807) is 12.4 Å².